The topological polar surface area (TPSA) is 30.5 Å². The highest BCUT2D eigenvalue weighted by Gasteiger charge is 2.05. The first-order valence-corrected chi connectivity index (χ1v) is 6.63. The number of halogens is 1. The van der Waals surface area contributed by atoms with Gasteiger partial charge in [0.25, 0.3) is 0 Å². The molecule has 1 N–H and O–H groups in total. The summed E-state index contributed by atoms with van der Waals surface area (Å²) in [6.45, 7) is 4.62. The minimum absolute atomic E-state index is 0.232. The van der Waals surface area contributed by atoms with Crippen molar-refractivity contribution in [3.63, 3.8) is 0 Å². The number of methoxy groups -OCH3 is 1. The van der Waals surface area contributed by atoms with Crippen LogP contribution in [0.1, 0.15) is 5.56 Å². The first-order valence-electron chi connectivity index (χ1n) is 6.63. The normalized spacial score (nSPS) is 10.0. The number of ether oxygens (including phenoxy) is 2. The Hall–Kier alpha value is -2.49. The van der Waals surface area contributed by atoms with Gasteiger partial charge in [-0.1, -0.05) is 30.9 Å². The molecule has 0 unspecified atom stereocenters. The van der Waals surface area contributed by atoms with Crippen LogP contribution < -0.4 is 14.8 Å². The fourth-order valence-electron chi connectivity index (χ4n) is 1.91. The average molecular weight is 287 g/mol. The Morgan fingerprint density at radius 1 is 1.19 bits per heavy atom. The van der Waals surface area contributed by atoms with Gasteiger partial charge in [-0.15, -0.1) is 0 Å². The molecule has 0 atom stereocenters. The third-order valence-electron chi connectivity index (χ3n) is 2.96. The van der Waals surface area contributed by atoms with Crippen molar-refractivity contribution in [3.8, 4) is 11.5 Å². The van der Waals surface area contributed by atoms with Crippen LogP contribution in [-0.2, 0) is 6.54 Å². The Morgan fingerprint density at radius 3 is 2.71 bits per heavy atom. The van der Waals surface area contributed by atoms with Crippen LogP contribution in [0, 0.1) is 5.82 Å². The highest BCUT2D eigenvalue weighted by atomic mass is 19.1. The van der Waals surface area contributed by atoms with Gasteiger partial charge in [0.05, 0.1) is 7.11 Å². The van der Waals surface area contributed by atoms with E-state index in [1.165, 1.54) is 13.2 Å². The van der Waals surface area contributed by atoms with Crippen LogP contribution in [0.2, 0.25) is 0 Å². The van der Waals surface area contributed by atoms with Gasteiger partial charge in [-0.05, 0) is 18.2 Å². The monoisotopic (exact) mass is 287 g/mol. The maximum atomic E-state index is 13.6. The fraction of sp³-hybridized carbons (Fsp3) is 0.176. The Bertz CT molecular complexity index is 613. The number of para-hydroxylation sites is 1. The molecular weight excluding hydrogens is 269 g/mol. The van der Waals surface area contributed by atoms with Crippen LogP contribution in [-0.4, -0.2) is 13.7 Å². The first kappa shape index (κ1) is 14.9. The van der Waals surface area contributed by atoms with Crippen LogP contribution in [0.15, 0.2) is 55.1 Å². The van der Waals surface area contributed by atoms with E-state index < -0.39 is 5.82 Å². The van der Waals surface area contributed by atoms with Gasteiger partial charge in [0.1, 0.15) is 12.4 Å². The van der Waals surface area contributed by atoms with E-state index in [-0.39, 0.29) is 5.75 Å². The second-order valence-electron chi connectivity index (χ2n) is 4.41. The van der Waals surface area contributed by atoms with Gasteiger partial charge in [-0.3, -0.25) is 0 Å². The van der Waals surface area contributed by atoms with Crippen LogP contribution in [0.4, 0.5) is 10.1 Å². The van der Waals surface area contributed by atoms with E-state index >= 15 is 0 Å². The predicted octanol–water partition coefficient (Wildman–Crippen LogP) is 4.01. The molecule has 0 aromatic heterocycles. The number of benzene rings is 2. The van der Waals surface area contributed by atoms with Crippen molar-refractivity contribution in [2.75, 3.05) is 19.0 Å². The molecule has 110 valence electrons. The second kappa shape index (κ2) is 7.33. The van der Waals surface area contributed by atoms with Crippen molar-refractivity contribution in [1.82, 2.24) is 0 Å². The van der Waals surface area contributed by atoms with Gasteiger partial charge in [-0.25, -0.2) is 4.39 Å². The van der Waals surface area contributed by atoms with Crippen molar-refractivity contribution >= 4 is 5.69 Å². The van der Waals surface area contributed by atoms with Crippen molar-refractivity contribution in [2.24, 2.45) is 0 Å². The summed E-state index contributed by atoms with van der Waals surface area (Å²) in [4.78, 5) is 0. The molecule has 4 heteroatoms. The van der Waals surface area contributed by atoms with Gasteiger partial charge in [0.15, 0.2) is 11.6 Å². The van der Waals surface area contributed by atoms with Crippen molar-refractivity contribution in [2.45, 2.75) is 6.54 Å². The molecule has 0 aliphatic heterocycles. The van der Waals surface area contributed by atoms with Crippen LogP contribution in [0.3, 0.4) is 0 Å². The summed E-state index contributed by atoms with van der Waals surface area (Å²) in [5, 5.41) is 3.17. The molecule has 0 saturated carbocycles. The average Bonchev–Trinajstić information content (AvgIpc) is 2.52. The minimum Gasteiger partial charge on any atom is -0.494 e. The molecule has 0 aliphatic carbocycles. The molecule has 0 amide bonds. The lowest BCUT2D eigenvalue weighted by molar-refractivity contribution is 0.359. The minimum atomic E-state index is -0.390. The standard InChI is InChI=1S/C17H18FNO2/c1-3-10-21-16-7-5-4-6-13(16)12-19-14-8-9-17(20-2)15(18)11-14/h3-9,11,19H,1,10,12H2,2H3. The van der Waals surface area contributed by atoms with Gasteiger partial charge in [0.2, 0.25) is 0 Å². The second-order valence-corrected chi connectivity index (χ2v) is 4.41. The molecule has 0 fully saturated rings. The Balaban J connectivity index is 2.05. The summed E-state index contributed by atoms with van der Waals surface area (Å²) in [5.41, 5.74) is 1.68. The number of rotatable bonds is 7. The van der Waals surface area contributed by atoms with E-state index in [1.807, 2.05) is 24.3 Å². The lowest BCUT2D eigenvalue weighted by Crippen LogP contribution is -2.03. The Kier molecular flexibility index (Phi) is 5.21. The molecule has 3 nitrogen and oxygen atoms in total. The molecular formula is C17H18FNO2. The summed E-state index contributed by atoms with van der Waals surface area (Å²) < 4.78 is 24.1. The molecule has 0 radical (unpaired) electrons. The smallest absolute Gasteiger partial charge is 0.167 e. The van der Waals surface area contributed by atoms with E-state index in [0.29, 0.717) is 18.8 Å². The zero-order valence-electron chi connectivity index (χ0n) is 11.9. The third kappa shape index (κ3) is 3.99. The van der Waals surface area contributed by atoms with Crippen LogP contribution in [0.25, 0.3) is 0 Å². The summed E-state index contributed by atoms with van der Waals surface area (Å²) in [7, 11) is 1.44. The number of nitrogens with one attached hydrogen (secondary N) is 1. The van der Waals surface area contributed by atoms with E-state index in [9.17, 15) is 4.39 Å². The van der Waals surface area contributed by atoms with Crippen LogP contribution >= 0.6 is 0 Å². The van der Waals surface area contributed by atoms with E-state index in [1.54, 1.807) is 18.2 Å². The maximum Gasteiger partial charge on any atom is 0.167 e. The van der Waals surface area contributed by atoms with Gasteiger partial charge in [-0.2, -0.15) is 0 Å². The first-order chi connectivity index (χ1) is 10.2. The molecule has 0 aliphatic rings. The number of anilines is 1. The maximum absolute atomic E-state index is 13.6. The molecule has 0 spiro atoms. The van der Waals surface area contributed by atoms with E-state index in [4.69, 9.17) is 9.47 Å². The SMILES string of the molecule is C=CCOc1ccccc1CNc1ccc(OC)c(F)c1. The van der Waals surface area contributed by atoms with Gasteiger partial charge in [0, 0.05) is 23.9 Å². The molecule has 0 saturated heterocycles. The lowest BCUT2D eigenvalue weighted by atomic mass is 10.2. The number of hydrogen-bond acceptors (Lipinski definition) is 3. The van der Waals surface area contributed by atoms with Crippen molar-refractivity contribution in [1.29, 1.82) is 0 Å². The lowest BCUT2D eigenvalue weighted by Gasteiger charge is -2.12. The quantitative estimate of drug-likeness (QED) is 0.780. The molecule has 2 rings (SSSR count). The van der Waals surface area contributed by atoms with E-state index in [0.717, 1.165) is 11.3 Å². The summed E-state index contributed by atoms with van der Waals surface area (Å²) in [6.07, 6.45) is 1.70. The highest BCUT2D eigenvalue weighted by molar-refractivity contribution is 5.48. The Morgan fingerprint density at radius 2 is 2.00 bits per heavy atom. The third-order valence-corrected chi connectivity index (χ3v) is 2.96. The molecule has 0 heterocycles. The molecule has 0 bridgehead atoms. The molecule has 21 heavy (non-hydrogen) atoms. The van der Waals surface area contributed by atoms with Crippen molar-refractivity contribution < 1.29 is 13.9 Å². The molecule has 2 aromatic rings. The van der Waals surface area contributed by atoms with Gasteiger partial charge >= 0.3 is 0 Å². The Labute approximate surface area is 124 Å². The van der Waals surface area contributed by atoms with E-state index in [2.05, 4.69) is 11.9 Å². The summed E-state index contributed by atoms with van der Waals surface area (Å²) in [5.74, 6) is 0.632. The van der Waals surface area contributed by atoms with Crippen LogP contribution in [0.5, 0.6) is 11.5 Å². The summed E-state index contributed by atoms with van der Waals surface area (Å²) in [6, 6.07) is 12.5. The zero-order chi connectivity index (χ0) is 15.1. The summed E-state index contributed by atoms with van der Waals surface area (Å²) >= 11 is 0. The number of hydrogen-bond donors (Lipinski definition) is 1. The largest absolute Gasteiger partial charge is 0.494 e. The van der Waals surface area contributed by atoms with Gasteiger partial charge < -0.3 is 14.8 Å². The predicted molar refractivity (Wildman–Crippen MR) is 82.4 cm³/mol. The zero-order valence-corrected chi connectivity index (χ0v) is 11.9. The van der Waals surface area contributed by atoms with Crippen molar-refractivity contribution in [3.05, 3.63) is 66.5 Å². The highest BCUT2D eigenvalue weighted by Crippen LogP contribution is 2.23. The fourth-order valence-corrected chi connectivity index (χ4v) is 1.91. The molecule has 2 aromatic carbocycles.